The van der Waals surface area contributed by atoms with E-state index in [1.165, 1.54) is 0 Å². The third-order valence-electron chi connectivity index (χ3n) is 2.25. The predicted molar refractivity (Wildman–Crippen MR) is 63.5 cm³/mol. The van der Waals surface area contributed by atoms with Gasteiger partial charge in [-0.1, -0.05) is 0 Å². The molecule has 2 heterocycles. The summed E-state index contributed by atoms with van der Waals surface area (Å²) in [5.74, 6) is 0. The van der Waals surface area contributed by atoms with Crippen LogP contribution in [-0.4, -0.2) is 33.5 Å². The number of ether oxygens (including phenoxy) is 1. The normalized spacial score (nSPS) is 10.4. The number of aromatic nitrogens is 4. The first kappa shape index (κ1) is 11.5. The number of rotatable bonds is 6. The molecule has 2 aromatic heterocycles. The van der Waals surface area contributed by atoms with Gasteiger partial charge in [0.15, 0.2) is 0 Å². The maximum absolute atomic E-state index is 4.98. The van der Waals surface area contributed by atoms with Crippen LogP contribution in [0.25, 0.3) is 0 Å². The van der Waals surface area contributed by atoms with Gasteiger partial charge in [-0.25, -0.2) is 0 Å². The summed E-state index contributed by atoms with van der Waals surface area (Å²) >= 11 is 0. The molecule has 0 aromatic carbocycles. The number of hydrogen-bond donors (Lipinski definition) is 1. The highest BCUT2D eigenvalue weighted by molar-refractivity contribution is 5.38. The molecule has 0 radical (unpaired) electrons. The minimum Gasteiger partial charge on any atom is -0.383 e. The third kappa shape index (κ3) is 3.53. The zero-order chi connectivity index (χ0) is 11.9. The Labute approximate surface area is 99.7 Å². The zero-order valence-electron chi connectivity index (χ0n) is 9.71. The lowest BCUT2D eigenvalue weighted by Crippen LogP contribution is -2.04. The molecule has 0 atom stereocenters. The van der Waals surface area contributed by atoms with E-state index in [1.807, 2.05) is 10.9 Å². The van der Waals surface area contributed by atoms with Gasteiger partial charge >= 0.3 is 0 Å². The van der Waals surface area contributed by atoms with Gasteiger partial charge in [-0.3, -0.25) is 14.6 Å². The average molecular weight is 233 g/mol. The standard InChI is InChI=1S/C11H15N5O/c1-17-5-4-16-9-11(8-15-16)14-7-10-6-12-2-3-13-10/h2-3,6,8-9,14H,4-5,7H2,1H3. The summed E-state index contributed by atoms with van der Waals surface area (Å²) in [5.41, 5.74) is 1.86. The van der Waals surface area contributed by atoms with Crippen LogP contribution < -0.4 is 5.32 Å². The molecule has 0 aliphatic rings. The fraction of sp³-hybridized carbons (Fsp3) is 0.364. The Hall–Kier alpha value is -1.95. The summed E-state index contributed by atoms with van der Waals surface area (Å²) in [6, 6.07) is 0. The number of anilines is 1. The molecule has 2 aromatic rings. The quantitative estimate of drug-likeness (QED) is 0.804. The molecule has 1 N–H and O–H groups in total. The van der Waals surface area contributed by atoms with Crippen molar-refractivity contribution in [3.8, 4) is 0 Å². The first-order valence-corrected chi connectivity index (χ1v) is 5.38. The molecule has 0 fully saturated rings. The van der Waals surface area contributed by atoms with Crippen LogP contribution in [-0.2, 0) is 17.8 Å². The highest BCUT2D eigenvalue weighted by Crippen LogP contribution is 2.06. The molecule has 6 nitrogen and oxygen atoms in total. The number of nitrogens with zero attached hydrogens (tertiary/aromatic N) is 4. The lowest BCUT2D eigenvalue weighted by atomic mass is 10.4. The van der Waals surface area contributed by atoms with Gasteiger partial charge in [0.05, 0.1) is 43.5 Å². The van der Waals surface area contributed by atoms with Crippen LogP contribution in [0, 0.1) is 0 Å². The fourth-order valence-corrected chi connectivity index (χ4v) is 1.38. The second kappa shape index (κ2) is 5.95. The molecule has 0 unspecified atom stereocenters. The Balaban J connectivity index is 1.85. The Morgan fingerprint density at radius 1 is 1.35 bits per heavy atom. The number of nitrogens with one attached hydrogen (secondary N) is 1. The monoisotopic (exact) mass is 233 g/mol. The second-order valence-electron chi connectivity index (χ2n) is 3.54. The molecule has 0 spiro atoms. The highest BCUT2D eigenvalue weighted by Gasteiger charge is 1.98. The van der Waals surface area contributed by atoms with E-state index in [1.54, 1.807) is 31.9 Å². The predicted octanol–water partition coefficient (Wildman–Crippen LogP) is 0.932. The summed E-state index contributed by atoms with van der Waals surface area (Å²) in [6.45, 7) is 2.05. The molecule has 0 amide bonds. The molecule has 17 heavy (non-hydrogen) atoms. The molecular formula is C11H15N5O. The van der Waals surface area contributed by atoms with Gasteiger partial charge in [-0.15, -0.1) is 0 Å². The minimum absolute atomic E-state index is 0.643. The summed E-state index contributed by atoms with van der Waals surface area (Å²) in [5, 5.41) is 7.44. The summed E-state index contributed by atoms with van der Waals surface area (Å²) in [6.07, 6.45) is 8.80. The van der Waals surface area contributed by atoms with E-state index in [9.17, 15) is 0 Å². The highest BCUT2D eigenvalue weighted by atomic mass is 16.5. The van der Waals surface area contributed by atoms with Gasteiger partial charge in [-0.2, -0.15) is 5.10 Å². The Morgan fingerprint density at radius 3 is 3.06 bits per heavy atom. The van der Waals surface area contributed by atoms with Crippen LogP contribution in [0.2, 0.25) is 0 Å². The summed E-state index contributed by atoms with van der Waals surface area (Å²) < 4.78 is 6.82. The molecule has 0 saturated heterocycles. The van der Waals surface area contributed by atoms with Gasteiger partial charge in [-0.05, 0) is 0 Å². The van der Waals surface area contributed by atoms with Crippen molar-refractivity contribution in [2.45, 2.75) is 13.1 Å². The van der Waals surface area contributed by atoms with E-state index in [0.29, 0.717) is 13.2 Å². The SMILES string of the molecule is COCCn1cc(NCc2cnccn2)cn1. The van der Waals surface area contributed by atoms with E-state index in [0.717, 1.165) is 17.9 Å². The van der Waals surface area contributed by atoms with Gasteiger partial charge in [0.2, 0.25) is 0 Å². The van der Waals surface area contributed by atoms with Crippen molar-refractivity contribution in [1.82, 2.24) is 19.7 Å². The Kier molecular flexibility index (Phi) is 4.04. The van der Waals surface area contributed by atoms with Crippen LogP contribution in [0.3, 0.4) is 0 Å². The van der Waals surface area contributed by atoms with Gasteiger partial charge in [0.1, 0.15) is 0 Å². The molecule has 0 bridgehead atoms. The van der Waals surface area contributed by atoms with Gasteiger partial charge in [0.25, 0.3) is 0 Å². The average Bonchev–Trinajstić information content (AvgIpc) is 2.83. The molecule has 0 saturated carbocycles. The topological polar surface area (TPSA) is 64.9 Å². The molecule has 0 aliphatic carbocycles. The van der Waals surface area contributed by atoms with Crippen LogP contribution in [0.5, 0.6) is 0 Å². The van der Waals surface area contributed by atoms with Crippen LogP contribution in [0.4, 0.5) is 5.69 Å². The van der Waals surface area contributed by atoms with Crippen molar-refractivity contribution in [2.75, 3.05) is 19.0 Å². The molecular weight excluding hydrogens is 218 g/mol. The van der Waals surface area contributed by atoms with Crippen molar-refractivity contribution in [3.05, 3.63) is 36.7 Å². The van der Waals surface area contributed by atoms with E-state index in [4.69, 9.17) is 4.74 Å². The van der Waals surface area contributed by atoms with Crippen molar-refractivity contribution in [3.63, 3.8) is 0 Å². The number of hydrogen-bond acceptors (Lipinski definition) is 5. The third-order valence-corrected chi connectivity index (χ3v) is 2.25. The zero-order valence-corrected chi connectivity index (χ0v) is 9.71. The first-order valence-electron chi connectivity index (χ1n) is 5.38. The minimum atomic E-state index is 0.643. The molecule has 6 heteroatoms. The maximum Gasteiger partial charge on any atom is 0.0777 e. The summed E-state index contributed by atoms with van der Waals surface area (Å²) in [4.78, 5) is 8.18. The van der Waals surface area contributed by atoms with Gasteiger partial charge < -0.3 is 10.1 Å². The van der Waals surface area contributed by atoms with Crippen LogP contribution >= 0.6 is 0 Å². The fourth-order valence-electron chi connectivity index (χ4n) is 1.38. The van der Waals surface area contributed by atoms with Crippen molar-refractivity contribution in [2.24, 2.45) is 0 Å². The van der Waals surface area contributed by atoms with Crippen molar-refractivity contribution in [1.29, 1.82) is 0 Å². The van der Waals surface area contributed by atoms with E-state index in [2.05, 4.69) is 20.4 Å². The largest absolute Gasteiger partial charge is 0.383 e. The molecule has 2 rings (SSSR count). The van der Waals surface area contributed by atoms with E-state index in [-0.39, 0.29) is 0 Å². The lowest BCUT2D eigenvalue weighted by molar-refractivity contribution is 0.183. The Morgan fingerprint density at radius 2 is 2.29 bits per heavy atom. The van der Waals surface area contributed by atoms with Crippen molar-refractivity contribution >= 4 is 5.69 Å². The second-order valence-corrected chi connectivity index (χ2v) is 3.54. The van der Waals surface area contributed by atoms with Crippen molar-refractivity contribution < 1.29 is 4.74 Å². The molecule has 0 aliphatic heterocycles. The van der Waals surface area contributed by atoms with E-state index < -0.39 is 0 Å². The Bertz CT molecular complexity index is 442. The van der Waals surface area contributed by atoms with Crippen LogP contribution in [0.15, 0.2) is 31.0 Å². The smallest absolute Gasteiger partial charge is 0.0777 e. The van der Waals surface area contributed by atoms with Gasteiger partial charge in [0, 0.05) is 25.7 Å². The molecule has 90 valence electrons. The summed E-state index contributed by atoms with van der Waals surface area (Å²) in [7, 11) is 1.68. The number of methoxy groups -OCH3 is 1. The lowest BCUT2D eigenvalue weighted by Gasteiger charge is -2.02. The first-order chi connectivity index (χ1) is 8.38. The van der Waals surface area contributed by atoms with E-state index >= 15 is 0 Å². The van der Waals surface area contributed by atoms with Crippen LogP contribution in [0.1, 0.15) is 5.69 Å². The maximum atomic E-state index is 4.98.